The molecule has 106 valence electrons. The van der Waals surface area contributed by atoms with Gasteiger partial charge in [-0.1, -0.05) is 12.1 Å². The molecule has 0 saturated carbocycles. The van der Waals surface area contributed by atoms with Gasteiger partial charge in [0, 0.05) is 32.3 Å². The van der Waals surface area contributed by atoms with E-state index in [1.54, 1.807) is 0 Å². The minimum Gasteiger partial charge on any atom is -0.375 e. The van der Waals surface area contributed by atoms with Crippen LogP contribution in [-0.2, 0) is 16.1 Å². The van der Waals surface area contributed by atoms with E-state index in [0.29, 0.717) is 0 Å². The van der Waals surface area contributed by atoms with Gasteiger partial charge in [0.05, 0.1) is 5.60 Å². The molecular formula is C15H24N2O2. The largest absolute Gasteiger partial charge is 0.375 e. The van der Waals surface area contributed by atoms with Crippen molar-refractivity contribution in [3.8, 4) is 0 Å². The number of carbonyl (C=O) groups is 1. The summed E-state index contributed by atoms with van der Waals surface area (Å²) in [6.07, 6.45) is 0. The number of hydrogen-bond acceptors (Lipinski definition) is 3. The highest BCUT2D eigenvalue weighted by Crippen LogP contribution is 2.10. The van der Waals surface area contributed by atoms with E-state index < -0.39 is 0 Å². The number of benzene rings is 1. The van der Waals surface area contributed by atoms with Crippen molar-refractivity contribution >= 4 is 11.6 Å². The molecule has 0 saturated heterocycles. The van der Waals surface area contributed by atoms with Crippen molar-refractivity contribution < 1.29 is 9.53 Å². The number of nitrogens with one attached hydrogen (secondary N) is 2. The minimum absolute atomic E-state index is 0.0515. The van der Waals surface area contributed by atoms with Gasteiger partial charge in [-0.05, 0) is 38.5 Å². The molecule has 0 radical (unpaired) electrons. The van der Waals surface area contributed by atoms with E-state index in [2.05, 4.69) is 24.5 Å². The summed E-state index contributed by atoms with van der Waals surface area (Å²) in [6.45, 7) is 9.96. The average molecular weight is 264 g/mol. The first kappa shape index (κ1) is 15.7. The molecule has 4 heteroatoms. The number of ether oxygens (including phenoxy) is 1. The van der Waals surface area contributed by atoms with Gasteiger partial charge in [0.1, 0.15) is 0 Å². The van der Waals surface area contributed by atoms with E-state index in [1.807, 2.05) is 31.2 Å². The first-order valence-corrected chi connectivity index (χ1v) is 6.64. The standard InChI is InChI=1S/C15H24N2O2/c1-5-19-15(3,4)11-16-10-13-6-8-14(9-7-13)17-12(2)18/h6-9,16H,5,10-11H2,1-4H3,(H,17,18). The van der Waals surface area contributed by atoms with Crippen LogP contribution in [0.5, 0.6) is 0 Å². The Bertz CT molecular complexity index is 399. The van der Waals surface area contributed by atoms with E-state index in [9.17, 15) is 4.79 Å². The van der Waals surface area contributed by atoms with Gasteiger partial charge in [0.25, 0.3) is 0 Å². The normalized spacial score (nSPS) is 11.4. The lowest BCUT2D eigenvalue weighted by Gasteiger charge is -2.25. The Balaban J connectivity index is 2.40. The quantitative estimate of drug-likeness (QED) is 0.795. The second-order valence-corrected chi connectivity index (χ2v) is 5.17. The van der Waals surface area contributed by atoms with E-state index in [1.165, 1.54) is 12.5 Å². The molecule has 2 N–H and O–H groups in total. The number of anilines is 1. The van der Waals surface area contributed by atoms with Crippen molar-refractivity contribution in [3.63, 3.8) is 0 Å². The number of amides is 1. The third-order valence-electron chi connectivity index (χ3n) is 2.69. The van der Waals surface area contributed by atoms with Crippen LogP contribution in [0.3, 0.4) is 0 Å². The summed E-state index contributed by atoms with van der Waals surface area (Å²) in [6, 6.07) is 7.83. The van der Waals surface area contributed by atoms with Gasteiger partial charge in [0.2, 0.25) is 5.91 Å². The van der Waals surface area contributed by atoms with E-state index in [0.717, 1.165) is 25.4 Å². The van der Waals surface area contributed by atoms with Crippen LogP contribution in [-0.4, -0.2) is 24.7 Å². The van der Waals surface area contributed by atoms with Gasteiger partial charge in [-0.2, -0.15) is 0 Å². The topological polar surface area (TPSA) is 50.4 Å². The molecule has 0 aliphatic rings. The van der Waals surface area contributed by atoms with Crippen LogP contribution in [0, 0.1) is 0 Å². The van der Waals surface area contributed by atoms with Crippen LogP contribution in [0.25, 0.3) is 0 Å². The Kier molecular flexibility index (Phi) is 5.99. The molecule has 1 rings (SSSR count). The molecule has 0 aromatic heterocycles. The van der Waals surface area contributed by atoms with E-state index in [-0.39, 0.29) is 11.5 Å². The second kappa shape index (κ2) is 7.26. The molecule has 0 aliphatic heterocycles. The SMILES string of the molecule is CCOC(C)(C)CNCc1ccc(NC(C)=O)cc1. The van der Waals surface area contributed by atoms with Crippen LogP contribution < -0.4 is 10.6 Å². The lowest BCUT2D eigenvalue weighted by atomic mass is 10.1. The smallest absolute Gasteiger partial charge is 0.221 e. The fraction of sp³-hybridized carbons (Fsp3) is 0.533. The molecule has 0 atom stereocenters. The average Bonchev–Trinajstić information content (AvgIpc) is 2.30. The Labute approximate surface area is 115 Å². The third kappa shape index (κ3) is 6.36. The Morgan fingerprint density at radius 1 is 1.26 bits per heavy atom. The van der Waals surface area contributed by atoms with Gasteiger partial charge in [-0.15, -0.1) is 0 Å². The van der Waals surface area contributed by atoms with Crippen molar-refractivity contribution in [3.05, 3.63) is 29.8 Å². The molecule has 1 amide bonds. The summed E-state index contributed by atoms with van der Waals surface area (Å²) in [5, 5.41) is 6.12. The fourth-order valence-electron chi connectivity index (χ4n) is 1.86. The van der Waals surface area contributed by atoms with Gasteiger partial charge < -0.3 is 15.4 Å². The Morgan fingerprint density at radius 2 is 1.89 bits per heavy atom. The summed E-state index contributed by atoms with van der Waals surface area (Å²) >= 11 is 0. The molecular weight excluding hydrogens is 240 g/mol. The minimum atomic E-state index is -0.148. The molecule has 4 nitrogen and oxygen atoms in total. The van der Waals surface area contributed by atoms with Crippen molar-refractivity contribution in [2.24, 2.45) is 0 Å². The molecule has 0 fully saturated rings. The lowest BCUT2D eigenvalue weighted by molar-refractivity contribution is -0.114. The molecule has 1 aromatic carbocycles. The fourth-order valence-corrected chi connectivity index (χ4v) is 1.86. The molecule has 0 bridgehead atoms. The maximum Gasteiger partial charge on any atom is 0.221 e. The Hall–Kier alpha value is -1.39. The second-order valence-electron chi connectivity index (χ2n) is 5.17. The number of hydrogen-bond donors (Lipinski definition) is 2. The summed E-state index contributed by atoms with van der Waals surface area (Å²) in [5.41, 5.74) is 1.86. The molecule has 0 aliphatic carbocycles. The lowest BCUT2D eigenvalue weighted by Crippen LogP contribution is -2.37. The zero-order chi connectivity index (χ0) is 14.3. The van der Waals surface area contributed by atoms with Gasteiger partial charge in [-0.25, -0.2) is 0 Å². The predicted molar refractivity (Wildman–Crippen MR) is 78.2 cm³/mol. The molecule has 19 heavy (non-hydrogen) atoms. The van der Waals surface area contributed by atoms with Crippen LogP contribution in [0.4, 0.5) is 5.69 Å². The van der Waals surface area contributed by atoms with Crippen LogP contribution in [0.2, 0.25) is 0 Å². The van der Waals surface area contributed by atoms with Crippen molar-refractivity contribution in [2.45, 2.75) is 39.8 Å². The summed E-state index contributed by atoms with van der Waals surface area (Å²) in [5.74, 6) is -0.0515. The Morgan fingerprint density at radius 3 is 2.42 bits per heavy atom. The van der Waals surface area contributed by atoms with Crippen molar-refractivity contribution in [1.29, 1.82) is 0 Å². The van der Waals surface area contributed by atoms with Crippen LogP contribution in [0.15, 0.2) is 24.3 Å². The van der Waals surface area contributed by atoms with Crippen LogP contribution >= 0.6 is 0 Å². The van der Waals surface area contributed by atoms with Gasteiger partial charge in [0.15, 0.2) is 0 Å². The van der Waals surface area contributed by atoms with Gasteiger partial charge >= 0.3 is 0 Å². The first-order chi connectivity index (χ1) is 8.93. The molecule has 1 aromatic rings. The number of rotatable bonds is 7. The highest BCUT2D eigenvalue weighted by Gasteiger charge is 2.16. The molecule has 0 unspecified atom stereocenters. The first-order valence-electron chi connectivity index (χ1n) is 6.64. The van der Waals surface area contributed by atoms with Gasteiger partial charge in [-0.3, -0.25) is 4.79 Å². The van der Waals surface area contributed by atoms with Crippen LogP contribution in [0.1, 0.15) is 33.3 Å². The predicted octanol–water partition coefficient (Wildman–Crippen LogP) is 2.55. The highest BCUT2D eigenvalue weighted by atomic mass is 16.5. The zero-order valence-electron chi connectivity index (χ0n) is 12.2. The van der Waals surface area contributed by atoms with Crippen molar-refractivity contribution in [2.75, 3.05) is 18.5 Å². The number of carbonyl (C=O) groups excluding carboxylic acids is 1. The molecule has 0 spiro atoms. The maximum atomic E-state index is 10.9. The maximum absolute atomic E-state index is 10.9. The van der Waals surface area contributed by atoms with E-state index >= 15 is 0 Å². The van der Waals surface area contributed by atoms with E-state index in [4.69, 9.17) is 4.74 Å². The summed E-state index contributed by atoms with van der Waals surface area (Å²) in [7, 11) is 0. The van der Waals surface area contributed by atoms with Crippen molar-refractivity contribution in [1.82, 2.24) is 5.32 Å². The monoisotopic (exact) mass is 264 g/mol. The summed E-state index contributed by atoms with van der Waals surface area (Å²) < 4.78 is 5.62. The highest BCUT2D eigenvalue weighted by molar-refractivity contribution is 5.88. The summed E-state index contributed by atoms with van der Waals surface area (Å²) in [4.78, 5) is 10.9. The molecule has 0 heterocycles. The zero-order valence-corrected chi connectivity index (χ0v) is 12.2. The third-order valence-corrected chi connectivity index (χ3v) is 2.69.